The van der Waals surface area contributed by atoms with Crippen molar-refractivity contribution in [1.29, 1.82) is 0 Å². The lowest BCUT2D eigenvalue weighted by molar-refractivity contribution is -0.140. The van der Waals surface area contributed by atoms with Crippen molar-refractivity contribution in [3.8, 4) is 0 Å². The van der Waals surface area contributed by atoms with E-state index in [1.54, 1.807) is 11.9 Å². The van der Waals surface area contributed by atoms with Crippen molar-refractivity contribution >= 4 is 28.3 Å². The van der Waals surface area contributed by atoms with Gasteiger partial charge in [-0.2, -0.15) is 0 Å². The molecule has 1 aromatic heterocycles. The fraction of sp³-hybridized carbons (Fsp3) is 0.421. The van der Waals surface area contributed by atoms with Crippen LogP contribution in [0.3, 0.4) is 0 Å². The predicted octanol–water partition coefficient (Wildman–Crippen LogP) is 1.50. The highest BCUT2D eigenvalue weighted by molar-refractivity contribution is 5.94. The molecular formula is C19H22N4O2. The average Bonchev–Trinajstić information content (AvgIpc) is 3.00. The van der Waals surface area contributed by atoms with Gasteiger partial charge >= 0.3 is 0 Å². The van der Waals surface area contributed by atoms with Crippen molar-refractivity contribution in [2.75, 3.05) is 38.1 Å². The lowest BCUT2D eigenvalue weighted by Gasteiger charge is -2.38. The third-order valence-corrected chi connectivity index (χ3v) is 5.36. The summed E-state index contributed by atoms with van der Waals surface area (Å²) in [4.78, 5) is 34.5. The molecule has 2 amide bonds. The van der Waals surface area contributed by atoms with Crippen LogP contribution in [0.2, 0.25) is 0 Å². The molecule has 2 fully saturated rings. The van der Waals surface area contributed by atoms with Gasteiger partial charge in [-0.3, -0.25) is 14.6 Å². The van der Waals surface area contributed by atoms with E-state index in [2.05, 4.69) is 22.0 Å². The van der Waals surface area contributed by atoms with Gasteiger partial charge in [0.15, 0.2) is 0 Å². The Morgan fingerprint density at radius 1 is 1.12 bits per heavy atom. The van der Waals surface area contributed by atoms with Crippen molar-refractivity contribution < 1.29 is 9.59 Å². The summed E-state index contributed by atoms with van der Waals surface area (Å²) < 4.78 is 0. The molecule has 130 valence electrons. The summed E-state index contributed by atoms with van der Waals surface area (Å²) in [6, 6.07) is 7.96. The van der Waals surface area contributed by atoms with Gasteiger partial charge in [-0.05, 0) is 6.42 Å². The van der Waals surface area contributed by atoms with Crippen molar-refractivity contribution in [2.24, 2.45) is 0 Å². The summed E-state index contributed by atoms with van der Waals surface area (Å²) in [6.45, 7) is 2.93. The molecule has 0 saturated carbocycles. The van der Waals surface area contributed by atoms with Gasteiger partial charge < -0.3 is 14.7 Å². The van der Waals surface area contributed by atoms with Gasteiger partial charge in [0.2, 0.25) is 11.8 Å². The normalized spacial score (nSPS) is 21.2. The zero-order chi connectivity index (χ0) is 17.4. The summed E-state index contributed by atoms with van der Waals surface area (Å²) in [5, 5.41) is 2.32. The Balaban J connectivity index is 1.46. The van der Waals surface area contributed by atoms with Crippen LogP contribution in [0.15, 0.2) is 36.7 Å². The number of carbonyl (C=O) groups is 2. The Hall–Kier alpha value is -2.63. The molecule has 3 heterocycles. The van der Waals surface area contributed by atoms with E-state index in [0.717, 1.165) is 24.2 Å². The number of likely N-dealkylation sites (tertiary alicyclic amines) is 1. The second-order valence-corrected chi connectivity index (χ2v) is 6.75. The van der Waals surface area contributed by atoms with E-state index >= 15 is 0 Å². The monoisotopic (exact) mass is 338 g/mol. The van der Waals surface area contributed by atoms with Gasteiger partial charge in [0, 0.05) is 56.6 Å². The average molecular weight is 338 g/mol. The van der Waals surface area contributed by atoms with Crippen molar-refractivity contribution in [3.05, 3.63) is 36.7 Å². The van der Waals surface area contributed by atoms with E-state index in [0.29, 0.717) is 25.9 Å². The number of likely N-dealkylation sites (N-methyl/N-ethyl adjacent to an activating group) is 1. The van der Waals surface area contributed by atoms with Crippen LogP contribution in [-0.4, -0.2) is 65.9 Å². The Kier molecular flexibility index (Phi) is 4.03. The summed E-state index contributed by atoms with van der Waals surface area (Å²) in [5.74, 6) is 0.155. The van der Waals surface area contributed by atoms with Gasteiger partial charge in [0.25, 0.3) is 0 Å². The summed E-state index contributed by atoms with van der Waals surface area (Å²) in [6.07, 6.45) is 4.91. The van der Waals surface area contributed by atoms with Crippen LogP contribution in [0.5, 0.6) is 0 Å². The first kappa shape index (κ1) is 15.9. The molecule has 25 heavy (non-hydrogen) atoms. The molecule has 1 aromatic carbocycles. The van der Waals surface area contributed by atoms with Crippen molar-refractivity contribution in [1.82, 2.24) is 14.8 Å². The molecule has 0 bridgehead atoms. The van der Waals surface area contributed by atoms with E-state index in [-0.39, 0.29) is 17.9 Å². The molecule has 4 rings (SSSR count). The number of rotatable bonds is 2. The van der Waals surface area contributed by atoms with Crippen LogP contribution in [0.1, 0.15) is 12.8 Å². The lowest BCUT2D eigenvalue weighted by Crippen LogP contribution is -2.53. The van der Waals surface area contributed by atoms with Crippen molar-refractivity contribution in [3.63, 3.8) is 0 Å². The minimum Gasteiger partial charge on any atom is -0.366 e. The number of nitrogens with zero attached hydrogens (tertiary/aromatic N) is 4. The maximum Gasteiger partial charge on any atom is 0.245 e. The number of carbonyl (C=O) groups excluding carboxylic acids is 2. The molecule has 6 heteroatoms. The molecule has 2 aliphatic heterocycles. The van der Waals surface area contributed by atoms with Crippen LogP contribution in [0.25, 0.3) is 10.8 Å². The number of hydrogen-bond donors (Lipinski definition) is 0. The van der Waals surface area contributed by atoms with Crippen LogP contribution in [0.4, 0.5) is 5.69 Å². The third kappa shape index (κ3) is 2.81. The summed E-state index contributed by atoms with van der Waals surface area (Å²) >= 11 is 0. The Morgan fingerprint density at radius 2 is 1.88 bits per heavy atom. The van der Waals surface area contributed by atoms with Crippen LogP contribution in [0, 0.1) is 0 Å². The van der Waals surface area contributed by atoms with E-state index < -0.39 is 0 Å². The van der Waals surface area contributed by atoms with E-state index in [9.17, 15) is 9.59 Å². The van der Waals surface area contributed by atoms with Crippen LogP contribution >= 0.6 is 0 Å². The molecule has 1 atom stereocenters. The highest BCUT2D eigenvalue weighted by atomic mass is 16.2. The zero-order valence-corrected chi connectivity index (χ0v) is 14.4. The van der Waals surface area contributed by atoms with Gasteiger partial charge in [0.05, 0.1) is 11.9 Å². The quantitative estimate of drug-likeness (QED) is 0.833. The second kappa shape index (κ2) is 6.35. The van der Waals surface area contributed by atoms with Crippen LogP contribution in [-0.2, 0) is 9.59 Å². The molecular weight excluding hydrogens is 316 g/mol. The number of amides is 2. The largest absolute Gasteiger partial charge is 0.366 e. The number of anilines is 1. The van der Waals surface area contributed by atoms with E-state index in [1.165, 1.54) is 5.39 Å². The minimum absolute atomic E-state index is 0.0683. The molecule has 0 radical (unpaired) electrons. The number of aromatic nitrogens is 1. The molecule has 2 saturated heterocycles. The maximum absolute atomic E-state index is 12.7. The van der Waals surface area contributed by atoms with Gasteiger partial charge in [-0.15, -0.1) is 0 Å². The molecule has 2 aromatic rings. The standard InChI is InChI=1S/C19H22N4O2/c1-21-16(6-7-18(21)24)19(25)23-10-8-22(9-11-23)17-13-20-12-14-4-2-3-5-15(14)17/h2-5,12-13,16H,6-11H2,1H3. The smallest absolute Gasteiger partial charge is 0.245 e. The SMILES string of the molecule is CN1C(=O)CCC1C(=O)N1CCN(c2cncc3ccccc23)CC1. The fourth-order valence-corrected chi connectivity index (χ4v) is 3.82. The molecule has 0 spiro atoms. The Bertz CT molecular complexity index is 809. The number of piperazine rings is 1. The van der Waals surface area contributed by atoms with Crippen molar-refractivity contribution in [2.45, 2.75) is 18.9 Å². The maximum atomic E-state index is 12.7. The van der Waals surface area contributed by atoms with Gasteiger partial charge in [-0.25, -0.2) is 0 Å². The first-order valence-electron chi connectivity index (χ1n) is 8.77. The third-order valence-electron chi connectivity index (χ3n) is 5.36. The predicted molar refractivity (Wildman–Crippen MR) is 96.3 cm³/mol. The fourth-order valence-electron chi connectivity index (χ4n) is 3.82. The van der Waals surface area contributed by atoms with Gasteiger partial charge in [0.1, 0.15) is 6.04 Å². The molecule has 1 unspecified atom stereocenters. The molecule has 2 aliphatic rings. The minimum atomic E-state index is -0.279. The Morgan fingerprint density at radius 3 is 2.60 bits per heavy atom. The number of benzene rings is 1. The molecule has 6 nitrogen and oxygen atoms in total. The topological polar surface area (TPSA) is 56.8 Å². The first-order valence-corrected chi connectivity index (χ1v) is 8.77. The van der Waals surface area contributed by atoms with Gasteiger partial charge in [-0.1, -0.05) is 24.3 Å². The summed E-state index contributed by atoms with van der Waals surface area (Å²) in [7, 11) is 1.73. The first-order chi connectivity index (χ1) is 12.1. The number of hydrogen-bond acceptors (Lipinski definition) is 4. The number of pyridine rings is 1. The second-order valence-electron chi connectivity index (χ2n) is 6.75. The highest BCUT2D eigenvalue weighted by Gasteiger charge is 2.36. The van der Waals surface area contributed by atoms with E-state index in [1.807, 2.05) is 29.4 Å². The molecule has 0 aliphatic carbocycles. The van der Waals surface area contributed by atoms with Crippen LogP contribution < -0.4 is 4.90 Å². The summed E-state index contributed by atoms with van der Waals surface area (Å²) in [5.41, 5.74) is 1.12. The zero-order valence-electron chi connectivity index (χ0n) is 14.4. The molecule has 0 N–H and O–H groups in total. The lowest BCUT2D eigenvalue weighted by atomic mass is 10.1. The van der Waals surface area contributed by atoms with E-state index in [4.69, 9.17) is 0 Å². The number of fused-ring (bicyclic) bond motifs is 1. The Labute approximate surface area is 147 Å². The highest BCUT2D eigenvalue weighted by Crippen LogP contribution is 2.27.